The fourth-order valence-electron chi connectivity index (χ4n) is 1.76. The Labute approximate surface area is 120 Å². The van der Waals surface area contributed by atoms with E-state index in [1.54, 1.807) is 18.2 Å². The Morgan fingerprint density at radius 1 is 1.00 bits per heavy atom. The number of para-hydroxylation sites is 1. The summed E-state index contributed by atoms with van der Waals surface area (Å²) in [6, 6.07) is 18.4. The third-order valence-electron chi connectivity index (χ3n) is 2.70. The van der Waals surface area contributed by atoms with Gasteiger partial charge < -0.3 is 5.32 Å². The van der Waals surface area contributed by atoms with Gasteiger partial charge in [-0.05, 0) is 34.1 Å². The van der Waals surface area contributed by atoms with Crippen LogP contribution in [0.25, 0.3) is 0 Å². The first kappa shape index (κ1) is 13.1. The summed E-state index contributed by atoms with van der Waals surface area (Å²) < 4.78 is 0.879. The molecule has 0 spiro atoms. The van der Waals surface area contributed by atoms with E-state index in [1.807, 2.05) is 30.3 Å². The van der Waals surface area contributed by atoms with E-state index in [9.17, 15) is 5.26 Å². The van der Waals surface area contributed by atoms with Crippen molar-refractivity contribution in [1.29, 1.82) is 10.5 Å². The molecule has 0 aromatic heterocycles. The van der Waals surface area contributed by atoms with Crippen molar-refractivity contribution in [2.75, 3.05) is 5.32 Å². The van der Waals surface area contributed by atoms with Gasteiger partial charge in [-0.15, -0.1) is 0 Å². The van der Waals surface area contributed by atoms with Crippen molar-refractivity contribution >= 4 is 21.6 Å². The Balaban J connectivity index is 2.35. The average molecular weight is 312 g/mol. The second-order valence-corrected chi connectivity index (χ2v) is 4.74. The van der Waals surface area contributed by atoms with E-state index in [-0.39, 0.29) is 0 Å². The Hall–Kier alpha value is -2.30. The van der Waals surface area contributed by atoms with Gasteiger partial charge in [-0.25, -0.2) is 0 Å². The maximum absolute atomic E-state index is 9.31. The van der Waals surface area contributed by atoms with Crippen LogP contribution in [-0.4, -0.2) is 0 Å². The fraction of sp³-hybridized carbons (Fsp3) is 0.0667. The molecule has 0 aliphatic carbocycles. The molecule has 1 N–H and O–H groups in total. The summed E-state index contributed by atoms with van der Waals surface area (Å²) in [7, 11) is 0. The van der Waals surface area contributed by atoms with Crippen LogP contribution in [0.3, 0.4) is 0 Å². The molecule has 92 valence electrons. The molecule has 0 saturated heterocycles. The first-order valence-electron chi connectivity index (χ1n) is 5.66. The predicted octanol–water partition coefficient (Wildman–Crippen LogP) is 4.00. The number of nitrogens with zero attached hydrogens (tertiary/aromatic N) is 2. The lowest BCUT2D eigenvalue weighted by atomic mass is 10.0. The number of benzene rings is 2. The Bertz CT molecular complexity index is 668. The second-order valence-electron chi connectivity index (χ2n) is 3.89. The van der Waals surface area contributed by atoms with Gasteiger partial charge in [0.1, 0.15) is 6.04 Å². The second kappa shape index (κ2) is 6.04. The molecule has 0 aliphatic rings. The number of halogens is 1. The topological polar surface area (TPSA) is 59.6 Å². The van der Waals surface area contributed by atoms with Gasteiger partial charge in [0, 0.05) is 15.7 Å². The fourth-order valence-corrected chi connectivity index (χ4v) is 2.16. The lowest BCUT2D eigenvalue weighted by molar-refractivity contribution is 0.989. The molecule has 0 amide bonds. The summed E-state index contributed by atoms with van der Waals surface area (Å²) in [6.45, 7) is 0. The smallest absolute Gasteiger partial charge is 0.141 e. The number of nitrogens with one attached hydrogen (secondary N) is 1. The van der Waals surface area contributed by atoms with Crippen LogP contribution in [0, 0.1) is 22.7 Å². The molecule has 0 radical (unpaired) electrons. The van der Waals surface area contributed by atoms with Crippen LogP contribution in [0.15, 0.2) is 53.0 Å². The van der Waals surface area contributed by atoms with Gasteiger partial charge in [-0.2, -0.15) is 10.5 Å². The van der Waals surface area contributed by atoms with Crippen LogP contribution < -0.4 is 5.32 Å². The molecule has 0 fully saturated rings. The zero-order valence-electron chi connectivity index (χ0n) is 9.97. The van der Waals surface area contributed by atoms with Crippen molar-refractivity contribution in [1.82, 2.24) is 0 Å². The molecule has 2 aromatic rings. The molecular weight excluding hydrogens is 302 g/mol. The van der Waals surface area contributed by atoms with Crippen molar-refractivity contribution in [3.05, 3.63) is 64.1 Å². The minimum Gasteiger partial charge on any atom is -0.365 e. The lowest BCUT2D eigenvalue weighted by Crippen LogP contribution is -2.10. The van der Waals surface area contributed by atoms with E-state index in [0.717, 1.165) is 10.2 Å². The SMILES string of the molecule is N#Cc1ccccc1C(C#N)Nc1ccccc1Br. The van der Waals surface area contributed by atoms with Crippen molar-refractivity contribution < 1.29 is 0 Å². The standard InChI is InChI=1S/C15H10BrN3/c16-13-7-3-4-8-14(13)19-15(10-18)12-6-2-1-5-11(12)9-17/h1-8,15,19H. The monoisotopic (exact) mass is 311 g/mol. The van der Waals surface area contributed by atoms with Crippen molar-refractivity contribution in [3.8, 4) is 12.1 Å². The summed E-state index contributed by atoms with van der Waals surface area (Å²) in [5.41, 5.74) is 2.01. The van der Waals surface area contributed by atoms with E-state index in [0.29, 0.717) is 11.1 Å². The highest BCUT2D eigenvalue weighted by Crippen LogP contribution is 2.27. The summed E-state index contributed by atoms with van der Waals surface area (Å²) in [5, 5.41) is 21.5. The van der Waals surface area contributed by atoms with Crippen LogP contribution >= 0.6 is 15.9 Å². The first-order valence-corrected chi connectivity index (χ1v) is 6.45. The maximum Gasteiger partial charge on any atom is 0.141 e. The highest BCUT2D eigenvalue weighted by Gasteiger charge is 2.15. The normalized spacial score (nSPS) is 11.1. The molecule has 4 heteroatoms. The predicted molar refractivity (Wildman–Crippen MR) is 77.3 cm³/mol. The van der Waals surface area contributed by atoms with Crippen LogP contribution in [-0.2, 0) is 0 Å². The highest BCUT2D eigenvalue weighted by molar-refractivity contribution is 9.10. The molecule has 3 nitrogen and oxygen atoms in total. The van der Waals surface area contributed by atoms with Crippen LogP contribution in [0.5, 0.6) is 0 Å². The zero-order chi connectivity index (χ0) is 13.7. The molecule has 2 aromatic carbocycles. The molecule has 0 heterocycles. The third kappa shape index (κ3) is 2.93. The van der Waals surface area contributed by atoms with Gasteiger partial charge in [0.25, 0.3) is 0 Å². The van der Waals surface area contributed by atoms with E-state index in [1.165, 1.54) is 0 Å². The van der Waals surface area contributed by atoms with Crippen molar-refractivity contribution in [3.63, 3.8) is 0 Å². The van der Waals surface area contributed by atoms with Gasteiger partial charge in [0.05, 0.1) is 17.7 Å². The van der Waals surface area contributed by atoms with E-state index < -0.39 is 6.04 Å². The number of hydrogen-bond donors (Lipinski definition) is 1. The highest BCUT2D eigenvalue weighted by atomic mass is 79.9. The Kier molecular flexibility index (Phi) is 4.18. The minimum absolute atomic E-state index is 0.508. The first-order chi connectivity index (χ1) is 9.26. The largest absolute Gasteiger partial charge is 0.365 e. The summed E-state index contributed by atoms with van der Waals surface area (Å²) in [6.07, 6.45) is 0. The molecule has 1 atom stereocenters. The Morgan fingerprint density at radius 2 is 1.68 bits per heavy atom. The van der Waals surface area contributed by atoms with E-state index in [4.69, 9.17) is 5.26 Å². The minimum atomic E-state index is -0.561. The molecule has 0 saturated carbocycles. The van der Waals surface area contributed by atoms with Crippen LogP contribution in [0.4, 0.5) is 5.69 Å². The average Bonchev–Trinajstić information content (AvgIpc) is 2.46. The van der Waals surface area contributed by atoms with Gasteiger partial charge in [-0.1, -0.05) is 30.3 Å². The molecule has 19 heavy (non-hydrogen) atoms. The number of hydrogen-bond acceptors (Lipinski definition) is 3. The Morgan fingerprint density at radius 3 is 2.37 bits per heavy atom. The van der Waals surface area contributed by atoms with Gasteiger partial charge in [0.15, 0.2) is 0 Å². The van der Waals surface area contributed by atoms with E-state index in [2.05, 4.69) is 33.4 Å². The number of nitriles is 2. The molecule has 0 aliphatic heterocycles. The maximum atomic E-state index is 9.31. The third-order valence-corrected chi connectivity index (χ3v) is 3.39. The van der Waals surface area contributed by atoms with Crippen LogP contribution in [0.2, 0.25) is 0 Å². The number of anilines is 1. The molecule has 2 rings (SSSR count). The van der Waals surface area contributed by atoms with E-state index >= 15 is 0 Å². The molecule has 0 bridgehead atoms. The summed E-state index contributed by atoms with van der Waals surface area (Å²) in [5.74, 6) is 0. The van der Waals surface area contributed by atoms with Crippen LogP contribution in [0.1, 0.15) is 17.2 Å². The zero-order valence-corrected chi connectivity index (χ0v) is 11.6. The van der Waals surface area contributed by atoms with Gasteiger partial charge >= 0.3 is 0 Å². The molecule has 1 unspecified atom stereocenters. The summed E-state index contributed by atoms with van der Waals surface area (Å²) >= 11 is 3.43. The lowest BCUT2D eigenvalue weighted by Gasteiger charge is -2.15. The number of rotatable bonds is 3. The summed E-state index contributed by atoms with van der Waals surface area (Å²) in [4.78, 5) is 0. The quantitative estimate of drug-likeness (QED) is 0.932. The van der Waals surface area contributed by atoms with Crippen molar-refractivity contribution in [2.24, 2.45) is 0 Å². The van der Waals surface area contributed by atoms with Gasteiger partial charge in [-0.3, -0.25) is 0 Å². The van der Waals surface area contributed by atoms with Gasteiger partial charge in [0.2, 0.25) is 0 Å². The molecular formula is C15H10BrN3. The van der Waals surface area contributed by atoms with Crippen molar-refractivity contribution in [2.45, 2.75) is 6.04 Å².